The summed E-state index contributed by atoms with van der Waals surface area (Å²) in [4.78, 5) is 8.58. The third kappa shape index (κ3) is 3.07. The van der Waals surface area contributed by atoms with Crippen molar-refractivity contribution >= 4 is 5.82 Å². The molecule has 2 aromatic heterocycles. The largest absolute Gasteiger partial charge is 0.394 e. The molecule has 5 nitrogen and oxygen atoms in total. The van der Waals surface area contributed by atoms with Gasteiger partial charge in [0.05, 0.1) is 18.8 Å². The van der Waals surface area contributed by atoms with E-state index in [0.29, 0.717) is 12.4 Å². The van der Waals surface area contributed by atoms with Crippen LogP contribution in [0, 0.1) is 0 Å². The van der Waals surface area contributed by atoms with Crippen molar-refractivity contribution in [3.63, 3.8) is 0 Å². The zero-order chi connectivity index (χ0) is 13.7. The predicted octanol–water partition coefficient (Wildman–Crippen LogP) is 1.38. The van der Waals surface area contributed by atoms with Crippen LogP contribution in [0.4, 0.5) is 5.82 Å². The van der Waals surface area contributed by atoms with Gasteiger partial charge in [-0.3, -0.25) is 9.99 Å². The van der Waals surface area contributed by atoms with Crippen LogP contribution in [0.2, 0.25) is 0 Å². The van der Waals surface area contributed by atoms with Crippen LogP contribution in [0.1, 0.15) is 12.6 Å². The molecule has 2 heterocycles. The third-order valence-electron chi connectivity index (χ3n) is 2.92. The lowest BCUT2D eigenvalue weighted by atomic mass is 10.0. The molecule has 0 spiro atoms. The molecule has 0 amide bonds. The first kappa shape index (κ1) is 13.5. The van der Waals surface area contributed by atoms with Gasteiger partial charge >= 0.3 is 0 Å². The summed E-state index contributed by atoms with van der Waals surface area (Å²) >= 11 is 0. The Morgan fingerprint density at radius 1 is 1.21 bits per heavy atom. The SMILES string of the molecule is CCc1nc(N(N)CCO)ccc1-c1ccncc1. The second-order valence-corrected chi connectivity index (χ2v) is 4.17. The van der Waals surface area contributed by atoms with Crippen LogP contribution in [0.25, 0.3) is 11.1 Å². The van der Waals surface area contributed by atoms with Gasteiger partial charge in [0.25, 0.3) is 0 Å². The maximum Gasteiger partial charge on any atom is 0.142 e. The minimum atomic E-state index is 0.00570. The number of aryl methyl sites for hydroxylation is 1. The number of hydrogen-bond donors (Lipinski definition) is 2. The number of anilines is 1. The Morgan fingerprint density at radius 3 is 2.58 bits per heavy atom. The van der Waals surface area contributed by atoms with E-state index in [1.165, 1.54) is 5.01 Å². The summed E-state index contributed by atoms with van der Waals surface area (Å²) < 4.78 is 0. The molecule has 0 unspecified atom stereocenters. The van der Waals surface area contributed by atoms with Gasteiger partial charge in [-0.25, -0.2) is 10.8 Å². The summed E-state index contributed by atoms with van der Waals surface area (Å²) in [7, 11) is 0. The van der Waals surface area contributed by atoms with Crippen molar-refractivity contribution in [1.82, 2.24) is 9.97 Å². The maximum atomic E-state index is 8.90. The first-order chi connectivity index (χ1) is 9.26. The molecule has 0 aliphatic rings. The van der Waals surface area contributed by atoms with E-state index in [1.807, 2.05) is 24.3 Å². The first-order valence-electron chi connectivity index (χ1n) is 6.29. The van der Waals surface area contributed by atoms with Gasteiger partial charge in [-0.05, 0) is 36.2 Å². The second-order valence-electron chi connectivity index (χ2n) is 4.17. The molecular weight excluding hydrogens is 240 g/mol. The first-order valence-corrected chi connectivity index (χ1v) is 6.29. The van der Waals surface area contributed by atoms with Crippen LogP contribution in [0.5, 0.6) is 0 Å². The summed E-state index contributed by atoms with van der Waals surface area (Å²) in [5, 5.41) is 10.4. The van der Waals surface area contributed by atoms with E-state index in [0.717, 1.165) is 23.2 Å². The highest BCUT2D eigenvalue weighted by molar-refractivity contribution is 5.67. The zero-order valence-corrected chi connectivity index (χ0v) is 11.0. The molecule has 0 aromatic carbocycles. The number of pyridine rings is 2. The number of aliphatic hydroxyl groups excluding tert-OH is 1. The fraction of sp³-hybridized carbons (Fsp3) is 0.286. The fourth-order valence-corrected chi connectivity index (χ4v) is 1.94. The van der Waals surface area contributed by atoms with E-state index >= 15 is 0 Å². The highest BCUT2D eigenvalue weighted by Gasteiger charge is 2.09. The second kappa shape index (κ2) is 6.26. The third-order valence-corrected chi connectivity index (χ3v) is 2.92. The Morgan fingerprint density at radius 2 is 1.95 bits per heavy atom. The standard InChI is InChI=1S/C14H18N4O/c1-2-13-12(11-5-7-16-8-6-11)3-4-14(17-13)18(15)9-10-19/h3-8,19H,2,9-10,15H2,1H3. The van der Waals surface area contributed by atoms with Crippen LogP contribution in [-0.2, 0) is 6.42 Å². The van der Waals surface area contributed by atoms with Crippen molar-refractivity contribution in [2.24, 2.45) is 5.84 Å². The molecule has 0 bridgehead atoms. The number of hydrogen-bond acceptors (Lipinski definition) is 5. The lowest BCUT2D eigenvalue weighted by Gasteiger charge is -2.18. The molecule has 0 fully saturated rings. The normalized spacial score (nSPS) is 10.5. The van der Waals surface area contributed by atoms with Crippen molar-refractivity contribution in [2.45, 2.75) is 13.3 Å². The van der Waals surface area contributed by atoms with Crippen molar-refractivity contribution < 1.29 is 5.11 Å². The molecule has 0 radical (unpaired) electrons. The van der Waals surface area contributed by atoms with Crippen molar-refractivity contribution in [2.75, 3.05) is 18.2 Å². The maximum absolute atomic E-state index is 8.90. The van der Waals surface area contributed by atoms with Gasteiger partial charge in [0.1, 0.15) is 5.82 Å². The molecule has 3 N–H and O–H groups in total. The number of hydrazine groups is 1. The van der Waals surface area contributed by atoms with E-state index < -0.39 is 0 Å². The van der Waals surface area contributed by atoms with Crippen LogP contribution in [0.3, 0.4) is 0 Å². The van der Waals surface area contributed by atoms with Gasteiger partial charge < -0.3 is 5.11 Å². The highest BCUT2D eigenvalue weighted by Crippen LogP contribution is 2.24. The topological polar surface area (TPSA) is 75.3 Å². The Hall–Kier alpha value is -1.98. The number of nitrogens with two attached hydrogens (primary N) is 1. The van der Waals surface area contributed by atoms with Gasteiger partial charge in [-0.1, -0.05) is 6.92 Å². The van der Waals surface area contributed by atoms with Crippen molar-refractivity contribution in [3.05, 3.63) is 42.4 Å². The minimum absolute atomic E-state index is 0.00570. The molecule has 2 rings (SSSR count). The minimum Gasteiger partial charge on any atom is -0.394 e. The predicted molar refractivity (Wildman–Crippen MR) is 75.5 cm³/mol. The molecule has 19 heavy (non-hydrogen) atoms. The van der Waals surface area contributed by atoms with Crippen molar-refractivity contribution in [3.8, 4) is 11.1 Å². The summed E-state index contributed by atoms with van der Waals surface area (Å²) in [6.45, 7) is 2.43. The Labute approximate surface area is 112 Å². The summed E-state index contributed by atoms with van der Waals surface area (Å²) in [6, 6.07) is 7.80. The molecule has 100 valence electrons. The zero-order valence-electron chi connectivity index (χ0n) is 11.0. The molecule has 5 heteroatoms. The average molecular weight is 258 g/mol. The van der Waals surface area contributed by atoms with Gasteiger partial charge in [-0.2, -0.15) is 0 Å². The number of aromatic nitrogens is 2. The van der Waals surface area contributed by atoms with E-state index in [2.05, 4.69) is 16.9 Å². The van der Waals surface area contributed by atoms with Crippen LogP contribution in [0.15, 0.2) is 36.7 Å². The van der Waals surface area contributed by atoms with E-state index in [4.69, 9.17) is 10.9 Å². The lowest BCUT2D eigenvalue weighted by Crippen LogP contribution is -2.34. The van der Waals surface area contributed by atoms with E-state index in [9.17, 15) is 0 Å². The molecule has 0 aliphatic heterocycles. The fourth-order valence-electron chi connectivity index (χ4n) is 1.94. The summed E-state index contributed by atoms with van der Waals surface area (Å²) in [6.07, 6.45) is 4.35. The number of nitrogens with zero attached hydrogens (tertiary/aromatic N) is 3. The van der Waals surface area contributed by atoms with Crippen molar-refractivity contribution in [1.29, 1.82) is 0 Å². The smallest absolute Gasteiger partial charge is 0.142 e. The molecule has 0 saturated heterocycles. The molecule has 0 aliphatic carbocycles. The molecule has 0 saturated carbocycles. The number of aliphatic hydroxyl groups is 1. The highest BCUT2D eigenvalue weighted by atomic mass is 16.3. The van der Waals surface area contributed by atoms with E-state index in [1.54, 1.807) is 12.4 Å². The Kier molecular flexibility index (Phi) is 4.43. The van der Waals surface area contributed by atoms with E-state index in [-0.39, 0.29) is 6.61 Å². The monoisotopic (exact) mass is 258 g/mol. The Bertz CT molecular complexity index is 530. The average Bonchev–Trinajstić information content (AvgIpc) is 2.47. The van der Waals surface area contributed by atoms with Crippen LogP contribution in [-0.4, -0.2) is 28.2 Å². The number of rotatable bonds is 5. The Balaban J connectivity index is 2.37. The lowest BCUT2D eigenvalue weighted by molar-refractivity contribution is 0.302. The summed E-state index contributed by atoms with van der Waals surface area (Å²) in [5.74, 6) is 6.49. The van der Waals surface area contributed by atoms with Gasteiger partial charge in [0.2, 0.25) is 0 Å². The van der Waals surface area contributed by atoms with Gasteiger partial charge in [-0.15, -0.1) is 0 Å². The van der Waals surface area contributed by atoms with Crippen LogP contribution >= 0.6 is 0 Å². The molecular formula is C14H18N4O. The van der Waals surface area contributed by atoms with Gasteiger partial charge in [0.15, 0.2) is 0 Å². The van der Waals surface area contributed by atoms with Gasteiger partial charge in [0, 0.05) is 18.0 Å². The summed E-state index contributed by atoms with van der Waals surface area (Å²) in [5.41, 5.74) is 3.17. The molecule has 2 aromatic rings. The molecule has 0 atom stereocenters. The quantitative estimate of drug-likeness (QED) is 0.626. The van der Waals surface area contributed by atoms with Crippen LogP contribution < -0.4 is 10.9 Å².